The second-order valence-electron chi connectivity index (χ2n) is 4.06. The smallest absolute Gasteiger partial charge is 0.338 e. The third kappa shape index (κ3) is 2.16. The van der Waals surface area contributed by atoms with E-state index in [1.807, 2.05) is 0 Å². The fourth-order valence-corrected chi connectivity index (χ4v) is 1.83. The van der Waals surface area contributed by atoms with Crippen molar-refractivity contribution in [2.75, 3.05) is 0 Å². The van der Waals surface area contributed by atoms with Crippen molar-refractivity contribution >= 4 is 11.0 Å². The first-order chi connectivity index (χ1) is 9.04. The number of rotatable bonds is 1. The minimum Gasteiger partial charge on any atom is -0.338 e. The van der Waals surface area contributed by atoms with Gasteiger partial charge in [0.25, 0.3) is 0 Å². The van der Waals surface area contributed by atoms with Gasteiger partial charge in [0.05, 0.1) is 16.6 Å². The molecule has 96 valence electrons. The Kier molecular flexibility index (Phi) is 2.51. The van der Waals surface area contributed by atoms with Crippen LogP contribution in [0.3, 0.4) is 0 Å². The Bertz CT molecular complexity index is 717. The van der Waals surface area contributed by atoms with Gasteiger partial charge in [-0.05, 0) is 30.3 Å². The zero-order chi connectivity index (χ0) is 13.5. The highest BCUT2D eigenvalue weighted by molar-refractivity contribution is 5.80. The summed E-state index contributed by atoms with van der Waals surface area (Å²) in [5.41, 5.74) is 0.883. The lowest BCUT2D eigenvalue weighted by Crippen LogP contribution is -2.04. The quantitative estimate of drug-likeness (QED) is 0.728. The van der Waals surface area contributed by atoms with Crippen molar-refractivity contribution < 1.29 is 13.2 Å². The van der Waals surface area contributed by atoms with E-state index in [1.165, 1.54) is 6.07 Å². The normalized spacial score (nSPS) is 11.9. The van der Waals surface area contributed by atoms with Crippen LogP contribution in [0, 0.1) is 0 Å². The summed E-state index contributed by atoms with van der Waals surface area (Å²) >= 11 is 0. The van der Waals surface area contributed by atoms with Gasteiger partial charge < -0.3 is 4.98 Å². The molecule has 0 aliphatic heterocycles. The number of fused-ring (bicyclic) bond motifs is 1. The van der Waals surface area contributed by atoms with Gasteiger partial charge in [-0.15, -0.1) is 0 Å². The monoisotopic (exact) mass is 263 g/mol. The molecular weight excluding hydrogens is 255 g/mol. The van der Waals surface area contributed by atoms with E-state index < -0.39 is 11.7 Å². The highest BCUT2D eigenvalue weighted by Crippen LogP contribution is 2.31. The largest absolute Gasteiger partial charge is 0.416 e. The van der Waals surface area contributed by atoms with Crippen LogP contribution in [0.5, 0.6) is 0 Å². The number of alkyl halides is 3. The summed E-state index contributed by atoms with van der Waals surface area (Å²) in [4.78, 5) is 11.1. The molecule has 2 heterocycles. The maximum Gasteiger partial charge on any atom is 0.416 e. The average Bonchev–Trinajstić information content (AvgIpc) is 2.81. The van der Waals surface area contributed by atoms with Crippen LogP contribution >= 0.6 is 0 Å². The molecule has 3 aromatic rings. The molecule has 3 rings (SSSR count). The van der Waals surface area contributed by atoms with E-state index >= 15 is 0 Å². The van der Waals surface area contributed by atoms with Gasteiger partial charge in [0.1, 0.15) is 5.82 Å². The van der Waals surface area contributed by atoms with Crippen molar-refractivity contribution in [3.8, 4) is 11.4 Å². The Morgan fingerprint density at radius 3 is 2.63 bits per heavy atom. The average molecular weight is 263 g/mol. The third-order valence-electron chi connectivity index (χ3n) is 2.74. The van der Waals surface area contributed by atoms with Gasteiger partial charge in [0.2, 0.25) is 0 Å². The van der Waals surface area contributed by atoms with Gasteiger partial charge in [-0.1, -0.05) is 0 Å². The Hall–Kier alpha value is -2.37. The summed E-state index contributed by atoms with van der Waals surface area (Å²) in [6.45, 7) is 0. The van der Waals surface area contributed by atoms with Gasteiger partial charge >= 0.3 is 6.18 Å². The summed E-state index contributed by atoms with van der Waals surface area (Å²) < 4.78 is 37.8. The zero-order valence-electron chi connectivity index (χ0n) is 9.57. The lowest BCUT2D eigenvalue weighted by Gasteiger charge is -2.05. The minimum atomic E-state index is -4.35. The van der Waals surface area contributed by atoms with E-state index in [0.29, 0.717) is 16.9 Å². The number of aromatic amines is 1. The van der Waals surface area contributed by atoms with E-state index in [1.54, 1.807) is 24.5 Å². The van der Waals surface area contributed by atoms with Gasteiger partial charge in [-0.3, -0.25) is 4.98 Å². The number of imidazole rings is 1. The summed E-state index contributed by atoms with van der Waals surface area (Å²) in [6, 6.07) is 6.96. The number of hydrogen-bond donors (Lipinski definition) is 1. The molecule has 0 saturated carbocycles. The third-order valence-corrected chi connectivity index (χ3v) is 2.74. The van der Waals surface area contributed by atoms with Crippen LogP contribution in [-0.2, 0) is 6.18 Å². The van der Waals surface area contributed by atoms with Crippen LogP contribution in [0.1, 0.15) is 5.56 Å². The molecule has 2 aromatic heterocycles. The first kappa shape index (κ1) is 11.7. The molecule has 1 N–H and O–H groups in total. The number of benzene rings is 1. The number of halogens is 3. The Balaban J connectivity index is 2.12. The fraction of sp³-hybridized carbons (Fsp3) is 0.0769. The van der Waals surface area contributed by atoms with Crippen LogP contribution < -0.4 is 0 Å². The topological polar surface area (TPSA) is 41.6 Å². The van der Waals surface area contributed by atoms with Crippen LogP contribution in [-0.4, -0.2) is 15.0 Å². The summed E-state index contributed by atoms with van der Waals surface area (Å²) in [5.74, 6) is 0.502. The molecule has 0 atom stereocenters. The highest BCUT2D eigenvalue weighted by atomic mass is 19.4. The second-order valence-corrected chi connectivity index (χ2v) is 4.06. The second kappa shape index (κ2) is 4.08. The maximum atomic E-state index is 12.6. The number of nitrogens with one attached hydrogen (secondary N) is 1. The van der Waals surface area contributed by atoms with E-state index in [9.17, 15) is 13.2 Å². The van der Waals surface area contributed by atoms with Gasteiger partial charge in [0, 0.05) is 18.0 Å². The van der Waals surface area contributed by atoms with E-state index in [2.05, 4.69) is 15.0 Å². The van der Waals surface area contributed by atoms with Crippen LogP contribution in [0.4, 0.5) is 13.2 Å². The van der Waals surface area contributed by atoms with Crippen molar-refractivity contribution in [3.63, 3.8) is 0 Å². The first-order valence-electron chi connectivity index (χ1n) is 5.51. The molecule has 3 nitrogen and oxygen atoms in total. The summed E-state index contributed by atoms with van der Waals surface area (Å²) in [7, 11) is 0. The fourth-order valence-electron chi connectivity index (χ4n) is 1.83. The Morgan fingerprint density at radius 2 is 1.95 bits per heavy atom. The Morgan fingerprint density at radius 1 is 1.11 bits per heavy atom. The Labute approximate surface area is 106 Å². The molecule has 0 aliphatic rings. The number of pyridine rings is 1. The molecule has 0 spiro atoms. The molecule has 0 saturated heterocycles. The predicted octanol–water partition coefficient (Wildman–Crippen LogP) is 3.64. The number of aromatic nitrogens is 3. The lowest BCUT2D eigenvalue weighted by atomic mass is 10.2. The van der Waals surface area contributed by atoms with E-state index in [0.717, 1.165) is 17.7 Å². The molecule has 0 fully saturated rings. The molecule has 0 unspecified atom stereocenters. The molecule has 0 radical (unpaired) electrons. The minimum absolute atomic E-state index is 0.355. The predicted molar refractivity (Wildman–Crippen MR) is 64.3 cm³/mol. The van der Waals surface area contributed by atoms with Crippen molar-refractivity contribution in [2.45, 2.75) is 6.18 Å². The lowest BCUT2D eigenvalue weighted by molar-refractivity contribution is -0.137. The summed E-state index contributed by atoms with van der Waals surface area (Å²) in [6.07, 6.45) is -1.13. The van der Waals surface area contributed by atoms with Crippen molar-refractivity contribution in [1.82, 2.24) is 15.0 Å². The number of nitrogens with zero attached hydrogens (tertiary/aromatic N) is 2. The van der Waals surface area contributed by atoms with Gasteiger partial charge in [0.15, 0.2) is 0 Å². The van der Waals surface area contributed by atoms with Crippen molar-refractivity contribution in [1.29, 1.82) is 0 Å². The standard InChI is InChI=1S/C13H8F3N3/c14-13(15,16)9-3-4-10-11(6-9)19-12(18-10)8-2-1-5-17-7-8/h1-7H,(H,18,19). The molecule has 1 aromatic carbocycles. The van der Waals surface area contributed by atoms with Crippen molar-refractivity contribution in [3.05, 3.63) is 48.3 Å². The highest BCUT2D eigenvalue weighted by Gasteiger charge is 2.30. The van der Waals surface area contributed by atoms with E-state index in [4.69, 9.17) is 0 Å². The van der Waals surface area contributed by atoms with Gasteiger partial charge in [-0.2, -0.15) is 13.2 Å². The first-order valence-corrected chi connectivity index (χ1v) is 5.51. The van der Waals surface area contributed by atoms with Crippen LogP contribution in [0.2, 0.25) is 0 Å². The maximum absolute atomic E-state index is 12.6. The molecule has 0 amide bonds. The SMILES string of the molecule is FC(F)(F)c1ccc2nc(-c3cccnc3)[nH]c2c1. The molecule has 19 heavy (non-hydrogen) atoms. The molecule has 6 heteroatoms. The van der Waals surface area contributed by atoms with Crippen LogP contribution in [0.15, 0.2) is 42.7 Å². The van der Waals surface area contributed by atoms with E-state index in [-0.39, 0.29) is 0 Å². The zero-order valence-corrected chi connectivity index (χ0v) is 9.57. The number of H-pyrrole nitrogens is 1. The summed E-state index contributed by atoms with van der Waals surface area (Å²) in [5, 5.41) is 0. The number of hydrogen-bond acceptors (Lipinski definition) is 2. The molecular formula is C13H8F3N3. The van der Waals surface area contributed by atoms with Gasteiger partial charge in [-0.25, -0.2) is 4.98 Å². The molecule has 0 bridgehead atoms. The van der Waals surface area contributed by atoms with Crippen molar-refractivity contribution in [2.24, 2.45) is 0 Å². The molecule has 0 aliphatic carbocycles. The van der Waals surface area contributed by atoms with Crippen LogP contribution in [0.25, 0.3) is 22.4 Å².